The summed E-state index contributed by atoms with van der Waals surface area (Å²) < 4.78 is 15.7. The van der Waals surface area contributed by atoms with Gasteiger partial charge in [0.05, 0.1) is 17.2 Å². The second kappa shape index (κ2) is 5.66. The molecule has 3 nitrogen and oxygen atoms in total. The van der Waals surface area contributed by atoms with E-state index in [2.05, 4.69) is 33.3 Å². The van der Waals surface area contributed by atoms with Crippen LogP contribution in [0, 0.1) is 12.7 Å². The lowest BCUT2D eigenvalue weighted by atomic mass is 10.2. The molecule has 1 N–H and O–H groups in total. The number of nitrogens with one attached hydrogen (secondary N) is 1. The van der Waals surface area contributed by atoms with Gasteiger partial charge in [-0.25, -0.2) is 4.39 Å². The third-order valence-electron chi connectivity index (χ3n) is 3.68. The Hall–Kier alpha value is -1.20. The van der Waals surface area contributed by atoms with Crippen LogP contribution in [-0.2, 0) is 13.1 Å². The lowest BCUT2D eigenvalue weighted by molar-refractivity contribution is 0.616. The smallest absolute Gasteiger partial charge is 0.137 e. The molecule has 1 aromatic carbocycles. The molecule has 0 radical (unpaired) electrons. The van der Waals surface area contributed by atoms with Gasteiger partial charge in [0.15, 0.2) is 0 Å². The molecule has 0 aliphatic heterocycles. The highest BCUT2D eigenvalue weighted by molar-refractivity contribution is 9.10. The summed E-state index contributed by atoms with van der Waals surface area (Å²) in [6, 6.07) is 5.78. The van der Waals surface area contributed by atoms with Gasteiger partial charge in [0.1, 0.15) is 5.82 Å². The number of halogens is 2. The Labute approximate surface area is 126 Å². The van der Waals surface area contributed by atoms with Crippen LogP contribution in [0.1, 0.15) is 29.7 Å². The van der Waals surface area contributed by atoms with E-state index in [9.17, 15) is 4.39 Å². The predicted octanol–water partition coefficient (Wildman–Crippen LogP) is 3.39. The average Bonchev–Trinajstić information content (AvgIpc) is 3.19. The van der Waals surface area contributed by atoms with E-state index in [1.54, 1.807) is 12.1 Å². The van der Waals surface area contributed by atoms with Crippen molar-refractivity contribution in [3.05, 3.63) is 51.5 Å². The molecule has 1 fully saturated rings. The second-order valence-electron chi connectivity index (χ2n) is 5.32. The van der Waals surface area contributed by atoms with Crippen molar-refractivity contribution in [1.82, 2.24) is 15.1 Å². The van der Waals surface area contributed by atoms with Gasteiger partial charge >= 0.3 is 0 Å². The number of benzene rings is 1. The standard InChI is InChI=1S/C15H17BrFN3/c1-10-12(7-18-13-3-4-13)8-19-20(10)9-11-2-5-15(17)14(16)6-11/h2,5-6,8,13,18H,3-4,7,9H2,1H3. The fourth-order valence-electron chi connectivity index (χ4n) is 2.17. The Morgan fingerprint density at radius 1 is 1.45 bits per heavy atom. The molecule has 0 saturated heterocycles. The Morgan fingerprint density at radius 3 is 2.95 bits per heavy atom. The number of hydrogen-bond acceptors (Lipinski definition) is 2. The van der Waals surface area contributed by atoms with Gasteiger partial charge in [-0.2, -0.15) is 5.10 Å². The van der Waals surface area contributed by atoms with E-state index in [1.807, 2.05) is 10.9 Å². The van der Waals surface area contributed by atoms with Gasteiger partial charge in [-0.1, -0.05) is 6.07 Å². The third kappa shape index (κ3) is 3.10. The summed E-state index contributed by atoms with van der Waals surface area (Å²) in [5, 5.41) is 7.93. The van der Waals surface area contributed by atoms with Crippen LogP contribution < -0.4 is 5.32 Å². The van der Waals surface area contributed by atoms with Gasteiger partial charge in [0.25, 0.3) is 0 Å². The van der Waals surface area contributed by atoms with Crippen molar-refractivity contribution in [3.63, 3.8) is 0 Å². The van der Waals surface area contributed by atoms with Gasteiger partial charge in [0.2, 0.25) is 0 Å². The van der Waals surface area contributed by atoms with Crippen LogP contribution >= 0.6 is 15.9 Å². The van der Waals surface area contributed by atoms with E-state index < -0.39 is 0 Å². The lowest BCUT2D eigenvalue weighted by Crippen LogP contribution is -2.16. The minimum absolute atomic E-state index is 0.236. The highest BCUT2D eigenvalue weighted by Crippen LogP contribution is 2.21. The first-order valence-corrected chi connectivity index (χ1v) is 7.61. The fraction of sp³-hybridized carbons (Fsp3) is 0.400. The molecule has 0 bridgehead atoms. The molecule has 1 aliphatic rings. The normalized spacial score (nSPS) is 14.8. The van der Waals surface area contributed by atoms with Crippen LogP contribution in [0.5, 0.6) is 0 Å². The van der Waals surface area contributed by atoms with E-state index in [0.29, 0.717) is 17.1 Å². The highest BCUT2D eigenvalue weighted by Gasteiger charge is 2.20. The minimum atomic E-state index is -0.236. The highest BCUT2D eigenvalue weighted by atomic mass is 79.9. The van der Waals surface area contributed by atoms with Crippen LogP contribution in [-0.4, -0.2) is 15.8 Å². The molecule has 20 heavy (non-hydrogen) atoms. The molecule has 1 saturated carbocycles. The molecular formula is C15H17BrFN3. The van der Waals surface area contributed by atoms with Crippen LogP contribution in [0.3, 0.4) is 0 Å². The SMILES string of the molecule is Cc1c(CNC2CC2)cnn1Cc1ccc(F)c(Br)c1. The van der Waals surface area contributed by atoms with E-state index in [4.69, 9.17) is 0 Å². The maximum absolute atomic E-state index is 13.2. The van der Waals surface area contributed by atoms with Crippen molar-refractivity contribution in [1.29, 1.82) is 0 Å². The van der Waals surface area contributed by atoms with Gasteiger partial charge in [-0.05, 0) is 53.4 Å². The molecule has 1 heterocycles. The van der Waals surface area contributed by atoms with E-state index in [0.717, 1.165) is 12.1 Å². The summed E-state index contributed by atoms with van der Waals surface area (Å²) in [7, 11) is 0. The Morgan fingerprint density at radius 2 is 2.25 bits per heavy atom. The van der Waals surface area contributed by atoms with Crippen LogP contribution in [0.4, 0.5) is 4.39 Å². The second-order valence-corrected chi connectivity index (χ2v) is 6.17. The maximum atomic E-state index is 13.2. The molecule has 0 spiro atoms. The zero-order chi connectivity index (χ0) is 14.1. The van der Waals surface area contributed by atoms with Crippen molar-refractivity contribution >= 4 is 15.9 Å². The average molecular weight is 338 g/mol. The van der Waals surface area contributed by atoms with Crippen molar-refractivity contribution in [2.75, 3.05) is 0 Å². The fourth-order valence-corrected chi connectivity index (χ4v) is 2.60. The van der Waals surface area contributed by atoms with Crippen molar-refractivity contribution in [2.45, 2.75) is 38.9 Å². The first-order chi connectivity index (χ1) is 9.63. The van der Waals surface area contributed by atoms with Crippen LogP contribution in [0.15, 0.2) is 28.9 Å². The molecule has 0 unspecified atom stereocenters. The Bertz CT molecular complexity index is 620. The van der Waals surface area contributed by atoms with E-state index in [-0.39, 0.29) is 5.82 Å². The molecule has 106 valence electrons. The minimum Gasteiger partial charge on any atom is -0.310 e. The van der Waals surface area contributed by atoms with Gasteiger partial charge in [-0.3, -0.25) is 4.68 Å². The summed E-state index contributed by atoms with van der Waals surface area (Å²) in [6.45, 7) is 3.62. The topological polar surface area (TPSA) is 29.9 Å². The molecule has 1 aromatic heterocycles. The van der Waals surface area contributed by atoms with Crippen molar-refractivity contribution in [3.8, 4) is 0 Å². The van der Waals surface area contributed by atoms with Gasteiger partial charge in [0, 0.05) is 23.8 Å². The van der Waals surface area contributed by atoms with Crippen molar-refractivity contribution in [2.24, 2.45) is 0 Å². The van der Waals surface area contributed by atoms with Crippen LogP contribution in [0.2, 0.25) is 0 Å². The molecule has 1 aliphatic carbocycles. The van der Waals surface area contributed by atoms with Gasteiger partial charge < -0.3 is 5.32 Å². The number of hydrogen-bond donors (Lipinski definition) is 1. The Kier molecular flexibility index (Phi) is 3.89. The zero-order valence-corrected chi connectivity index (χ0v) is 13.0. The zero-order valence-electron chi connectivity index (χ0n) is 11.4. The van der Waals surface area contributed by atoms with Gasteiger partial charge in [-0.15, -0.1) is 0 Å². The molecule has 0 amide bonds. The molecule has 2 aromatic rings. The Balaban J connectivity index is 1.71. The molecule has 5 heteroatoms. The quantitative estimate of drug-likeness (QED) is 0.906. The first-order valence-electron chi connectivity index (χ1n) is 6.82. The largest absolute Gasteiger partial charge is 0.310 e. The maximum Gasteiger partial charge on any atom is 0.137 e. The predicted molar refractivity (Wildman–Crippen MR) is 80.0 cm³/mol. The monoisotopic (exact) mass is 337 g/mol. The molecule has 3 rings (SSSR count). The lowest BCUT2D eigenvalue weighted by Gasteiger charge is -2.07. The number of nitrogens with zero attached hydrogens (tertiary/aromatic N) is 2. The number of aromatic nitrogens is 2. The third-order valence-corrected chi connectivity index (χ3v) is 4.29. The van der Waals surface area contributed by atoms with E-state index >= 15 is 0 Å². The van der Waals surface area contributed by atoms with Crippen LogP contribution in [0.25, 0.3) is 0 Å². The van der Waals surface area contributed by atoms with E-state index in [1.165, 1.54) is 30.2 Å². The van der Waals surface area contributed by atoms with Crippen molar-refractivity contribution < 1.29 is 4.39 Å². The summed E-state index contributed by atoms with van der Waals surface area (Å²) in [6.07, 6.45) is 4.50. The summed E-state index contributed by atoms with van der Waals surface area (Å²) in [5.74, 6) is -0.236. The molecular weight excluding hydrogens is 321 g/mol. The summed E-state index contributed by atoms with van der Waals surface area (Å²) in [4.78, 5) is 0. The number of rotatable bonds is 5. The summed E-state index contributed by atoms with van der Waals surface area (Å²) >= 11 is 3.22. The summed E-state index contributed by atoms with van der Waals surface area (Å²) in [5.41, 5.74) is 3.43. The molecule has 0 atom stereocenters. The first kappa shape index (κ1) is 13.8.